The fourth-order valence-corrected chi connectivity index (χ4v) is 5.00. The highest BCUT2D eigenvalue weighted by molar-refractivity contribution is 7.92. The number of aromatic nitrogens is 2. The summed E-state index contributed by atoms with van der Waals surface area (Å²) in [6.45, 7) is 6.89. The standard InChI is InChI=1S/C22H26N4O4S/c1-14-7-8-17(11-15(14)2)25-31(28,29)20-12-19(30-16(20)3)21-18(13-23-24-21)22(27)26-9-5-4-6-10-26/h7-8,11-13,25H,4-6,9-10H2,1-3H3,(H,23,24). The summed E-state index contributed by atoms with van der Waals surface area (Å²) < 4.78 is 34.3. The van der Waals surface area contributed by atoms with Crippen molar-refractivity contribution in [1.82, 2.24) is 15.1 Å². The molecule has 1 aliphatic rings. The summed E-state index contributed by atoms with van der Waals surface area (Å²) in [5, 5.41) is 6.79. The minimum atomic E-state index is -3.87. The van der Waals surface area contributed by atoms with Crippen LogP contribution in [0.2, 0.25) is 0 Å². The molecule has 0 bridgehead atoms. The molecule has 3 heterocycles. The molecule has 1 fully saturated rings. The molecule has 8 nitrogen and oxygen atoms in total. The number of anilines is 1. The zero-order valence-corrected chi connectivity index (χ0v) is 18.7. The largest absolute Gasteiger partial charge is 0.458 e. The zero-order valence-electron chi connectivity index (χ0n) is 17.9. The molecule has 2 aromatic heterocycles. The highest BCUT2D eigenvalue weighted by atomic mass is 32.2. The van der Waals surface area contributed by atoms with E-state index in [1.807, 2.05) is 19.9 Å². The molecule has 1 aromatic carbocycles. The van der Waals surface area contributed by atoms with Crippen LogP contribution in [-0.2, 0) is 10.0 Å². The average Bonchev–Trinajstić information content (AvgIpc) is 3.37. The molecule has 0 radical (unpaired) electrons. The van der Waals surface area contributed by atoms with Crippen LogP contribution in [0.15, 0.2) is 39.8 Å². The summed E-state index contributed by atoms with van der Waals surface area (Å²) in [6, 6.07) is 6.80. The Morgan fingerprint density at radius 1 is 1.10 bits per heavy atom. The Labute approximate surface area is 181 Å². The van der Waals surface area contributed by atoms with Gasteiger partial charge in [0.2, 0.25) is 0 Å². The van der Waals surface area contributed by atoms with Crippen LogP contribution < -0.4 is 4.72 Å². The number of aryl methyl sites for hydroxylation is 3. The molecular formula is C22H26N4O4S. The number of aromatic amines is 1. The fraction of sp³-hybridized carbons (Fsp3) is 0.364. The maximum Gasteiger partial charge on any atom is 0.265 e. The van der Waals surface area contributed by atoms with Gasteiger partial charge < -0.3 is 9.32 Å². The molecule has 3 aromatic rings. The van der Waals surface area contributed by atoms with E-state index in [2.05, 4.69) is 14.9 Å². The molecule has 4 rings (SSSR count). The van der Waals surface area contributed by atoms with E-state index < -0.39 is 10.0 Å². The van der Waals surface area contributed by atoms with Crippen LogP contribution in [0.5, 0.6) is 0 Å². The van der Waals surface area contributed by atoms with Crippen LogP contribution in [0.1, 0.15) is 46.5 Å². The van der Waals surface area contributed by atoms with E-state index in [1.54, 1.807) is 24.0 Å². The van der Waals surface area contributed by atoms with Gasteiger partial charge in [-0.25, -0.2) is 8.42 Å². The van der Waals surface area contributed by atoms with Crippen molar-refractivity contribution in [2.75, 3.05) is 17.8 Å². The van der Waals surface area contributed by atoms with Crippen LogP contribution in [0.3, 0.4) is 0 Å². The van der Waals surface area contributed by atoms with Crippen molar-refractivity contribution in [3.8, 4) is 11.5 Å². The quantitative estimate of drug-likeness (QED) is 0.620. The molecule has 1 aliphatic heterocycles. The van der Waals surface area contributed by atoms with Crippen LogP contribution in [0.25, 0.3) is 11.5 Å². The van der Waals surface area contributed by atoms with Crippen molar-refractivity contribution in [1.29, 1.82) is 0 Å². The number of carbonyl (C=O) groups is 1. The first kappa shape index (κ1) is 21.2. The topological polar surface area (TPSA) is 108 Å². The van der Waals surface area contributed by atoms with Gasteiger partial charge in [0.15, 0.2) is 5.76 Å². The van der Waals surface area contributed by atoms with Gasteiger partial charge in [-0.05, 0) is 63.3 Å². The third kappa shape index (κ3) is 4.23. The van der Waals surface area contributed by atoms with Gasteiger partial charge in [-0.1, -0.05) is 6.07 Å². The maximum atomic E-state index is 13.0. The Kier molecular flexibility index (Phi) is 5.62. The van der Waals surface area contributed by atoms with Crippen LogP contribution in [-0.4, -0.2) is 42.5 Å². The van der Waals surface area contributed by atoms with E-state index >= 15 is 0 Å². The number of nitrogens with one attached hydrogen (secondary N) is 2. The summed E-state index contributed by atoms with van der Waals surface area (Å²) in [4.78, 5) is 14.8. The van der Waals surface area contributed by atoms with E-state index in [4.69, 9.17) is 4.42 Å². The molecule has 2 N–H and O–H groups in total. The zero-order chi connectivity index (χ0) is 22.2. The number of hydrogen-bond acceptors (Lipinski definition) is 5. The molecule has 164 valence electrons. The second-order valence-corrected chi connectivity index (χ2v) is 9.60. The lowest BCUT2D eigenvalue weighted by Gasteiger charge is -2.26. The Morgan fingerprint density at radius 3 is 2.55 bits per heavy atom. The van der Waals surface area contributed by atoms with Crippen molar-refractivity contribution in [3.63, 3.8) is 0 Å². The van der Waals surface area contributed by atoms with Crippen molar-refractivity contribution in [2.45, 2.75) is 44.9 Å². The SMILES string of the molecule is Cc1ccc(NS(=O)(=O)c2cc(-c3[nH]ncc3C(=O)N3CCCCC3)oc2C)cc1C. The predicted octanol–water partition coefficient (Wildman–Crippen LogP) is 4.02. The summed E-state index contributed by atoms with van der Waals surface area (Å²) in [5.41, 5.74) is 3.30. The Bertz CT molecular complexity index is 1220. The van der Waals surface area contributed by atoms with Gasteiger partial charge >= 0.3 is 0 Å². The van der Waals surface area contributed by atoms with Gasteiger partial charge in [0.05, 0.1) is 11.8 Å². The molecule has 9 heteroatoms. The maximum absolute atomic E-state index is 13.0. The van der Waals surface area contributed by atoms with E-state index in [1.165, 1.54) is 12.3 Å². The van der Waals surface area contributed by atoms with E-state index in [0.717, 1.165) is 30.4 Å². The highest BCUT2D eigenvalue weighted by Gasteiger charge is 2.27. The summed E-state index contributed by atoms with van der Waals surface area (Å²) in [7, 11) is -3.87. The number of furan rings is 1. The smallest absolute Gasteiger partial charge is 0.265 e. The predicted molar refractivity (Wildman–Crippen MR) is 118 cm³/mol. The summed E-state index contributed by atoms with van der Waals surface area (Å²) >= 11 is 0. The molecule has 1 saturated heterocycles. The van der Waals surface area contributed by atoms with Gasteiger partial charge in [0.25, 0.3) is 15.9 Å². The van der Waals surface area contributed by atoms with Gasteiger partial charge in [-0.2, -0.15) is 5.10 Å². The van der Waals surface area contributed by atoms with Crippen molar-refractivity contribution in [3.05, 3.63) is 52.9 Å². The first-order valence-corrected chi connectivity index (χ1v) is 11.8. The van der Waals surface area contributed by atoms with Crippen molar-refractivity contribution in [2.24, 2.45) is 0 Å². The van der Waals surface area contributed by atoms with E-state index in [-0.39, 0.29) is 22.3 Å². The average molecular weight is 443 g/mol. The summed E-state index contributed by atoms with van der Waals surface area (Å²) in [5.74, 6) is 0.364. The molecule has 0 atom stereocenters. The molecule has 0 unspecified atom stereocenters. The number of sulfonamides is 1. The van der Waals surface area contributed by atoms with Gasteiger partial charge in [-0.15, -0.1) is 0 Å². The minimum Gasteiger partial charge on any atom is -0.458 e. The van der Waals surface area contributed by atoms with Gasteiger partial charge in [-0.3, -0.25) is 14.6 Å². The second-order valence-electron chi connectivity index (χ2n) is 7.95. The van der Waals surface area contributed by atoms with Crippen LogP contribution in [0, 0.1) is 20.8 Å². The minimum absolute atomic E-state index is 0.0201. The van der Waals surface area contributed by atoms with Gasteiger partial charge in [0.1, 0.15) is 16.3 Å². The second kappa shape index (κ2) is 8.22. The molecule has 0 aliphatic carbocycles. The van der Waals surface area contributed by atoms with E-state index in [9.17, 15) is 13.2 Å². The molecule has 0 spiro atoms. The number of H-pyrrole nitrogens is 1. The number of hydrogen-bond donors (Lipinski definition) is 2. The number of rotatable bonds is 5. The first-order valence-electron chi connectivity index (χ1n) is 10.3. The van der Waals surface area contributed by atoms with Crippen molar-refractivity contribution >= 4 is 21.6 Å². The van der Waals surface area contributed by atoms with Crippen LogP contribution in [0.4, 0.5) is 5.69 Å². The number of piperidine rings is 1. The van der Waals surface area contributed by atoms with Crippen LogP contribution >= 0.6 is 0 Å². The fourth-order valence-electron chi connectivity index (χ4n) is 3.77. The lowest BCUT2D eigenvalue weighted by molar-refractivity contribution is 0.0725. The molecule has 31 heavy (non-hydrogen) atoms. The Hall–Kier alpha value is -3.07. The normalized spacial score (nSPS) is 14.6. The number of likely N-dealkylation sites (tertiary alicyclic amines) is 1. The molecular weight excluding hydrogens is 416 g/mol. The third-order valence-electron chi connectivity index (χ3n) is 5.68. The van der Waals surface area contributed by atoms with E-state index in [0.29, 0.717) is 30.0 Å². The van der Waals surface area contributed by atoms with Gasteiger partial charge in [0, 0.05) is 24.8 Å². The monoisotopic (exact) mass is 442 g/mol. The highest BCUT2D eigenvalue weighted by Crippen LogP contribution is 2.31. The Balaban J connectivity index is 1.63. The first-order chi connectivity index (χ1) is 14.8. The Morgan fingerprint density at radius 2 is 1.84 bits per heavy atom. The lowest BCUT2D eigenvalue weighted by Crippen LogP contribution is -2.35. The van der Waals surface area contributed by atoms with Crippen molar-refractivity contribution < 1.29 is 17.6 Å². The summed E-state index contributed by atoms with van der Waals surface area (Å²) in [6.07, 6.45) is 4.54. The third-order valence-corrected chi connectivity index (χ3v) is 7.17. The molecule has 1 amide bonds. The number of benzene rings is 1. The molecule has 0 saturated carbocycles. The number of nitrogens with zero attached hydrogens (tertiary/aromatic N) is 2. The number of carbonyl (C=O) groups excluding carboxylic acids is 1. The lowest BCUT2D eigenvalue weighted by atomic mass is 10.1. The number of amides is 1.